The average Bonchev–Trinajstić information content (AvgIpc) is 1.99. The van der Waals surface area contributed by atoms with Gasteiger partial charge in [0.2, 0.25) is 0 Å². The molecule has 1 heteroatoms. The molecule has 0 fully saturated rings. The lowest BCUT2D eigenvalue weighted by Crippen LogP contribution is -1.99. The molecule has 0 radical (unpaired) electrons. The molecule has 1 atom stereocenters. The maximum atomic E-state index is 8.68. The van der Waals surface area contributed by atoms with Crippen molar-refractivity contribution in [2.75, 3.05) is 6.61 Å². The largest absolute Gasteiger partial charge is 0.396 e. The van der Waals surface area contributed by atoms with Gasteiger partial charge in [0.1, 0.15) is 0 Å². The van der Waals surface area contributed by atoms with Crippen LogP contribution in [0.5, 0.6) is 0 Å². The van der Waals surface area contributed by atoms with E-state index in [9.17, 15) is 0 Å². The van der Waals surface area contributed by atoms with E-state index in [-0.39, 0.29) is 6.61 Å². The minimum Gasteiger partial charge on any atom is -0.396 e. The molecule has 0 heterocycles. The van der Waals surface area contributed by atoms with Crippen LogP contribution in [0.25, 0.3) is 0 Å². The number of hydrogen-bond donors (Lipinski definition) is 1. The van der Waals surface area contributed by atoms with E-state index in [0.717, 1.165) is 12.8 Å². The van der Waals surface area contributed by atoms with Gasteiger partial charge >= 0.3 is 0 Å². The number of allylic oxidation sites excluding steroid dienone is 1. The third kappa shape index (κ3) is 4.37. The van der Waals surface area contributed by atoms with Crippen LogP contribution in [0, 0.1) is 5.92 Å². The molecule has 10 heavy (non-hydrogen) atoms. The number of rotatable bonds is 4. The first-order chi connectivity index (χ1) is 4.70. The van der Waals surface area contributed by atoms with Crippen molar-refractivity contribution in [3.8, 4) is 0 Å². The minimum absolute atomic E-state index is 0.282. The van der Waals surface area contributed by atoms with E-state index in [2.05, 4.69) is 12.3 Å². The van der Waals surface area contributed by atoms with Gasteiger partial charge in [0.05, 0.1) is 0 Å². The lowest BCUT2D eigenvalue weighted by molar-refractivity contribution is 0.230. The molecule has 0 spiro atoms. The number of aliphatic hydroxyl groups excluding tert-OH is 1. The molecule has 0 saturated heterocycles. The molecule has 0 saturated carbocycles. The highest BCUT2D eigenvalue weighted by Gasteiger charge is 1.98. The number of aliphatic hydroxyl groups is 1. The third-order valence-electron chi connectivity index (χ3n) is 1.63. The predicted molar refractivity (Wildman–Crippen MR) is 43.8 cm³/mol. The van der Waals surface area contributed by atoms with Gasteiger partial charge in [0, 0.05) is 6.61 Å². The van der Waals surface area contributed by atoms with Gasteiger partial charge in [-0.2, -0.15) is 0 Å². The summed E-state index contributed by atoms with van der Waals surface area (Å²) >= 11 is 0. The quantitative estimate of drug-likeness (QED) is 0.593. The lowest BCUT2D eigenvalue weighted by Gasteiger charge is -2.05. The Hall–Kier alpha value is -0.520. The molecule has 0 rings (SSSR count). The van der Waals surface area contributed by atoms with Crippen LogP contribution in [0.1, 0.15) is 26.7 Å². The normalized spacial score (nSPS) is 12.3. The summed E-state index contributed by atoms with van der Waals surface area (Å²) in [6.07, 6.45) is 2.04. The molecule has 58 valence electrons. The fraction of sp³-hybridized carbons (Fsp3) is 0.667. The second-order valence-corrected chi connectivity index (χ2v) is 2.78. The Morgan fingerprint density at radius 2 is 2.30 bits per heavy atom. The van der Waals surface area contributed by atoms with Gasteiger partial charge in [-0.15, -0.1) is 5.73 Å². The molecule has 1 nitrogen and oxygen atoms in total. The van der Waals surface area contributed by atoms with Gasteiger partial charge in [-0.25, -0.2) is 0 Å². The highest BCUT2D eigenvalue weighted by Crippen LogP contribution is 2.09. The summed E-state index contributed by atoms with van der Waals surface area (Å²) in [6.45, 7) is 7.87. The van der Waals surface area contributed by atoms with Crippen molar-refractivity contribution in [1.29, 1.82) is 0 Å². The van der Waals surface area contributed by atoms with Gasteiger partial charge < -0.3 is 5.11 Å². The molecule has 1 unspecified atom stereocenters. The Morgan fingerprint density at radius 1 is 1.70 bits per heavy atom. The van der Waals surface area contributed by atoms with E-state index >= 15 is 0 Å². The zero-order valence-corrected chi connectivity index (χ0v) is 6.85. The third-order valence-corrected chi connectivity index (χ3v) is 1.63. The Balaban J connectivity index is 3.45. The van der Waals surface area contributed by atoms with Crippen LogP contribution in [-0.2, 0) is 0 Å². The van der Waals surface area contributed by atoms with Gasteiger partial charge in [0.25, 0.3) is 0 Å². The zero-order valence-electron chi connectivity index (χ0n) is 6.85. The van der Waals surface area contributed by atoms with Crippen molar-refractivity contribution in [2.45, 2.75) is 26.7 Å². The van der Waals surface area contributed by atoms with E-state index in [1.807, 2.05) is 13.8 Å². The molecule has 0 aliphatic rings. The minimum atomic E-state index is 0.282. The van der Waals surface area contributed by atoms with Gasteiger partial charge in [-0.1, -0.05) is 13.5 Å². The van der Waals surface area contributed by atoms with E-state index < -0.39 is 0 Å². The first-order valence-corrected chi connectivity index (χ1v) is 3.67. The van der Waals surface area contributed by atoms with Gasteiger partial charge in [-0.05, 0) is 31.3 Å². The second kappa shape index (κ2) is 5.28. The van der Waals surface area contributed by atoms with Crippen molar-refractivity contribution in [2.24, 2.45) is 5.92 Å². The maximum Gasteiger partial charge on any atom is 0.0456 e. The van der Waals surface area contributed by atoms with Crippen LogP contribution in [0.4, 0.5) is 0 Å². The summed E-state index contributed by atoms with van der Waals surface area (Å²) in [4.78, 5) is 0. The second-order valence-electron chi connectivity index (χ2n) is 2.78. The molecular formula is C9H16O. The molecule has 0 aromatic heterocycles. The Labute approximate surface area is 63.1 Å². The van der Waals surface area contributed by atoms with Crippen LogP contribution >= 0.6 is 0 Å². The topological polar surface area (TPSA) is 20.2 Å². The molecule has 0 aromatic carbocycles. The van der Waals surface area contributed by atoms with E-state index in [1.54, 1.807) is 0 Å². The molecule has 0 bridgehead atoms. The van der Waals surface area contributed by atoms with E-state index in [0.29, 0.717) is 5.92 Å². The maximum absolute atomic E-state index is 8.68. The van der Waals surface area contributed by atoms with Crippen LogP contribution < -0.4 is 0 Å². The van der Waals surface area contributed by atoms with Crippen LogP contribution in [0.2, 0.25) is 0 Å². The van der Waals surface area contributed by atoms with E-state index in [1.165, 1.54) is 5.57 Å². The van der Waals surface area contributed by atoms with Crippen LogP contribution in [-0.4, -0.2) is 11.7 Å². The molecule has 0 aromatic rings. The van der Waals surface area contributed by atoms with Gasteiger partial charge in [0.15, 0.2) is 0 Å². The first-order valence-electron chi connectivity index (χ1n) is 3.67. The Morgan fingerprint density at radius 3 is 2.70 bits per heavy atom. The smallest absolute Gasteiger partial charge is 0.0456 e. The van der Waals surface area contributed by atoms with Crippen LogP contribution in [0.3, 0.4) is 0 Å². The number of hydrogen-bond acceptors (Lipinski definition) is 1. The molecule has 0 aliphatic carbocycles. The highest BCUT2D eigenvalue weighted by molar-refractivity contribution is 4.93. The Kier molecular flexibility index (Phi) is 5.00. The monoisotopic (exact) mass is 140 g/mol. The zero-order chi connectivity index (χ0) is 7.98. The fourth-order valence-corrected chi connectivity index (χ4v) is 0.643. The summed E-state index contributed by atoms with van der Waals surface area (Å²) < 4.78 is 0. The summed E-state index contributed by atoms with van der Waals surface area (Å²) in [6, 6.07) is 0. The fourth-order valence-electron chi connectivity index (χ4n) is 0.643. The highest BCUT2D eigenvalue weighted by atomic mass is 16.3. The Bertz CT molecular complexity index is 132. The first kappa shape index (κ1) is 9.48. The van der Waals surface area contributed by atoms with Crippen molar-refractivity contribution < 1.29 is 5.11 Å². The average molecular weight is 140 g/mol. The van der Waals surface area contributed by atoms with Crippen molar-refractivity contribution in [3.05, 3.63) is 17.9 Å². The van der Waals surface area contributed by atoms with E-state index in [4.69, 9.17) is 5.11 Å². The standard InChI is InChI=1S/C9H16O/c1-4-8(2)5-6-9(3)7-10/h9-10H,1,5-7H2,2-3H3. The summed E-state index contributed by atoms with van der Waals surface area (Å²) in [5.41, 5.74) is 4.01. The SMILES string of the molecule is C=C=C(C)CCC(C)CO. The molecule has 0 aliphatic heterocycles. The van der Waals surface area contributed by atoms with Crippen molar-refractivity contribution in [1.82, 2.24) is 0 Å². The van der Waals surface area contributed by atoms with Gasteiger partial charge in [-0.3, -0.25) is 0 Å². The van der Waals surface area contributed by atoms with Crippen molar-refractivity contribution in [3.63, 3.8) is 0 Å². The van der Waals surface area contributed by atoms with Crippen molar-refractivity contribution >= 4 is 0 Å². The summed E-state index contributed by atoms with van der Waals surface area (Å²) in [5, 5.41) is 8.68. The predicted octanol–water partition coefficient (Wildman–Crippen LogP) is 2.13. The lowest BCUT2D eigenvalue weighted by atomic mass is 10.0. The summed E-state index contributed by atoms with van der Waals surface area (Å²) in [5.74, 6) is 0.406. The molecule has 0 amide bonds. The van der Waals surface area contributed by atoms with Crippen LogP contribution in [0.15, 0.2) is 17.9 Å². The summed E-state index contributed by atoms with van der Waals surface area (Å²) in [7, 11) is 0. The molecule has 1 N–H and O–H groups in total. The molecular weight excluding hydrogens is 124 g/mol.